The number of benzene rings is 1. The summed E-state index contributed by atoms with van der Waals surface area (Å²) >= 11 is 0. The summed E-state index contributed by atoms with van der Waals surface area (Å²) in [6.45, 7) is 7.50. The zero-order chi connectivity index (χ0) is 31.8. The van der Waals surface area contributed by atoms with Crippen molar-refractivity contribution in [2.45, 2.75) is 63.3 Å². The molecule has 46 heavy (non-hydrogen) atoms. The van der Waals surface area contributed by atoms with Gasteiger partial charge in [0.25, 0.3) is 0 Å². The number of ether oxygens (including phenoxy) is 4. The Labute approximate surface area is 269 Å². The average molecular weight is 634 g/mol. The van der Waals surface area contributed by atoms with Gasteiger partial charge < -0.3 is 29.0 Å². The van der Waals surface area contributed by atoms with Crippen LogP contribution in [0.1, 0.15) is 62.5 Å². The molecule has 11 heteroatoms. The number of aryl methyl sites for hydroxylation is 1. The van der Waals surface area contributed by atoms with E-state index in [1.807, 2.05) is 0 Å². The fraction of sp³-hybridized carbons (Fsp3) is 0.571. The van der Waals surface area contributed by atoms with Gasteiger partial charge in [-0.05, 0) is 80.7 Å². The van der Waals surface area contributed by atoms with E-state index in [0.717, 1.165) is 69.2 Å². The topological polar surface area (TPSA) is 102 Å². The van der Waals surface area contributed by atoms with Crippen LogP contribution in [0.25, 0.3) is 22.2 Å². The highest BCUT2D eigenvalue weighted by molar-refractivity contribution is 5.97. The first-order chi connectivity index (χ1) is 22.4. The van der Waals surface area contributed by atoms with E-state index >= 15 is 4.39 Å². The minimum absolute atomic E-state index is 0.0935. The predicted octanol–water partition coefficient (Wildman–Crippen LogP) is 5.40. The highest BCUT2D eigenvalue weighted by Crippen LogP contribution is 2.45. The van der Waals surface area contributed by atoms with Crippen LogP contribution < -0.4 is 14.4 Å². The third-order valence-corrected chi connectivity index (χ3v) is 10.2. The molecule has 0 bridgehead atoms. The largest absolute Gasteiger partial charge is 0.508 e. The Morgan fingerprint density at radius 3 is 2.85 bits per heavy atom. The van der Waals surface area contributed by atoms with Crippen molar-refractivity contribution in [3.05, 3.63) is 40.7 Å². The molecule has 3 fully saturated rings. The number of hydrogen-bond donors (Lipinski definition) is 1. The van der Waals surface area contributed by atoms with Gasteiger partial charge in [-0.2, -0.15) is 9.97 Å². The third kappa shape index (κ3) is 5.66. The van der Waals surface area contributed by atoms with Crippen molar-refractivity contribution >= 4 is 16.7 Å². The molecule has 1 N–H and O–H groups in total. The lowest BCUT2D eigenvalue weighted by Gasteiger charge is -2.31. The van der Waals surface area contributed by atoms with Gasteiger partial charge in [-0.25, -0.2) is 9.37 Å². The summed E-state index contributed by atoms with van der Waals surface area (Å²) in [5, 5.41) is 11.1. The van der Waals surface area contributed by atoms with Crippen LogP contribution in [0.5, 0.6) is 17.6 Å². The molecule has 3 aromatic rings. The monoisotopic (exact) mass is 633 g/mol. The lowest BCUT2D eigenvalue weighted by Crippen LogP contribution is -2.43. The van der Waals surface area contributed by atoms with E-state index in [9.17, 15) is 5.11 Å². The minimum atomic E-state index is -0.577. The summed E-state index contributed by atoms with van der Waals surface area (Å²) in [4.78, 5) is 19.0. The quantitative estimate of drug-likeness (QED) is 0.325. The van der Waals surface area contributed by atoms with E-state index in [-0.39, 0.29) is 40.3 Å². The molecule has 10 nitrogen and oxygen atoms in total. The van der Waals surface area contributed by atoms with Crippen molar-refractivity contribution in [3.8, 4) is 28.9 Å². The number of aromatic hydroxyl groups is 1. The standard InChI is InChI=1S/C35H44FN5O5/c1-22-7-4-8-24-17-25(42)18-26(27(22)24)30-29(36)31-28(33(37-30)44-3)32(40-11-6-14-45-16-13-40)39-34(38-31)46-21-35-10-5-12-41(35)20-23(19-35)9-15-43-2/h9,17-18,22,42H,4-8,10-16,19-21H2,1-3H3/b23-9-. The molecule has 1 aliphatic carbocycles. The Bertz CT molecular complexity index is 1640. The van der Waals surface area contributed by atoms with E-state index in [1.54, 1.807) is 19.2 Å². The Balaban J connectivity index is 1.35. The molecule has 2 atom stereocenters. The number of nitrogens with zero attached hydrogens (tertiary/aromatic N) is 5. The molecule has 5 heterocycles. The second-order valence-corrected chi connectivity index (χ2v) is 13.2. The number of pyridine rings is 1. The zero-order valence-electron chi connectivity index (χ0n) is 27.1. The number of phenolic OH excluding ortho intramolecular Hbond substituents is 1. The van der Waals surface area contributed by atoms with E-state index in [0.29, 0.717) is 56.3 Å². The van der Waals surface area contributed by atoms with Gasteiger partial charge in [0.1, 0.15) is 34.8 Å². The number of methoxy groups -OCH3 is 2. The molecular weight excluding hydrogens is 589 g/mol. The van der Waals surface area contributed by atoms with Crippen LogP contribution in [0.2, 0.25) is 0 Å². The maximum absolute atomic E-state index is 17.0. The van der Waals surface area contributed by atoms with Gasteiger partial charge in [-0.15, -0.1) is 0 Å². The number of aromatic nitrogens is 3. The predicted molar refractivity (Wildman–Crippen MR) is 174 cm³/mol. The van der Waals surface area contributed by atoms with Gasteiger partial charge in [0, 0.05) is 38.9 Å². The van der Waals surface area contributed by atoms with Crippen LogP contribution in [-0.4, -0.2) is 97.3 Å². The zero-order valence-corrected chi connectivity index (χ0v) is 27.1. The van der Waals surface area contributed by atoms with E-state index in [1.165, 1.54) is 12.7 Å². The highest BCUT2D eigenvalue weighted by Gasteiger charge is 2.47. The molecule has 1 aromatic carbocycles. The van der Waals surface area contributed by atoms with Gasteiger partial charge in [-0.1, -0.05) is 18.6 Å². The molecule has 3 aliphatic heterocycles. The smallest absolute Gasteiger partial charge is 0.319 e. The summed E-state index contributed by atoms with van der Waals surface area (Å²) in [5.74, 6) is 0.479. The summed E-state index contributed by atoms with van der Waals surface area (Å²) in [5.41, 5.74) is 4.04. The van der Waals surface area contributed by atoms with Crippen molar-refractivity contribution < 1.29 is 28.4 Å². The fourth-order valence-corrected chi connectivity index (χ4v) is 8.02. The van der Waals surface area contributed by atoms with Crippen molar-refractivity contribution in [2.75, 3.05) is 71.7 Å². The van der Waals surface area contributed by atoms with E-state index in [2.05, 4.69) is 22.8 Å². The SMILES string of the molecule is COC/C=C1\CN2CCCC2(COc2nc(N3CCCOCC3)c3c(OC)nc(-c4cc(O)cc5c4C(C)CCC5)c(F)c3n2)C1. The summed E-state index contributed by atoms with van der Waals surface area (Å²) in [6.07, 6.45) is 8.83. The molecule has 0 amide bonds. The number of hydrogen-bond acceptors (Lipinski definition) is 10. The van der Waals surface area contributed by atoms with E-state index in [4.69, 9.17) is 33.9 Å². The number of phenols is 1. The van der Waals surface area contributed by atoms with Gasteiger partial charge in [0.05, 0.1) is 25.9 Å². The van der Waals surface area contributed by atoms with Crippen LogP contribution >= 0.6 is 0 Å². The molecule has 2 aromatic heterocycles. The molecule has 0 spiro atoms. The van der Waals surface area contributed by atoms with Gasteiger partial charge >= 0.3 is 6.01 Å². The number of fused-ring (bicyclic) bond motifs is 3. The van der Waals surface area contributed by atoms with Gasteiger partial charge in [0.15, 0.2) is 5.82 Å². The van der Waals surface area contributed by atoms with Crippen molar-refractivity contribution in [1.82, 2.24) is 19.9 Å². The summed E-state index contributed by atoms with van der Waals surface area (Å²) in [6, 6.07) is 3.54. The maximum atomic E-state index is 17.0. The Morgan fingerprint density at radius 1 is 1.11 bits per heavy atom. The first-order valence-electron chi connectivity index (χ1n) is 16.6. The molecule has 7 rings (SSSR count). The van der Waals surface area contributed by atoms with Crippen LogP contribution in [0.3, 0.4) is 0 Å². The fourth-order valence-electron chi connectivity index (χ4n) is 8.02. The first kappa shape index (κ1) is 31.1. The number of anilines is 1. The van der Waals surface area contributed by atoms with Crippen molar-refractivity contribution in [1.29, 1.82) is 0 Å². The molecule has 4 aliphatic rings. The van der Waals surface area contributed by atoms with Gasteiger partial charge in [0.2, 0.25) is 5.88 Å². The molecule has 0 radical (unpaired) electrons. The first-order valence-corrected chi connectivity index (χ1v) is 16.6. The lowest BCUT2D eigenvalue weighted by molar-refractivity contribution is 0.108. The van der Waals surface area contributed by atoms with Crippen LogP contribution in [-0.2, 0) is 15.9 Å². The molecular formula is C35H44FN5O5. The number of rotatable bonds is 8. The summed E-state index contributed by atoms with van der Waals surface area (Å²) in [7, 11) is 3.24. The molecule has 246 valence electrons. The summed E-state index contributed by atoms with van der Waals surface area (Å²) < 4.78 is 40.4. The minimum Gasteiger partial charge on any atom is -0.508 e. The molecule has 0 saturated carbocycles. The Kier molecular flexibility index (Phi) is 8.73. The maximum Gasteiger partial charge on any atom is 0.319 e. The second kappa shape index (κ2) is 12.9. The average Bonchev–Trinajstić information content (AvgIpc) is 3.46. The number of halogens is 1. The van der Waals surface area contributed by atoms with Crippen molar-refractivity contribution in [2.24, 2.45) is 0 Å². The molecule has 3 saturated heterocycles. The van der Waals surface area contributed by atoms with Crippen molar-refractivity contribution in [3.63, 3.8) is 0 Å². The molecule has 2 unspecified atom stereocenters. The lowest BCUT2D eigenvalue weighted by atomic mass is 9.80. The van der Waals surface area contributed by atoms with Crippen LogP contribution in [0.4, 0.5) is 10.2 Å². The highest BCUT2D eigenvalue weighted by atomic mass is 19.1. The Morgan fingerprint density at radius 2 is 2.00 bits per heavy atom. The normalized spacial score (nSPS) is 24.3. The second-order valence-electron chi connectivity index (χ2n) is 13.2. The Hall–Kier alpha value is -3.54. The van der Waals surface area contributed by atoms with E-state index < -0.39 is 5.82 Å². The van der Waals surface area contributed by atoms with Crippen LogP contribution in [0.15, 0.2) is 23.8 Å². The van der Waals surface area contributed by atoms with Crippen LogP contribution in [0, 0.1) is 5.82 Å². The van der Waals surface area contributed by atoms with Gasteiger partial charge in [-0.3, -0.25) is 4.90 Å². The third-order valence-electron chi connectivity index (χ3n) is 10.2.